The zero-order valence-corrected chi connectivity index (χ0v) is 18.5. The van der Waals surface area contributed by atoms with Crippen LogP contribution in [0.15, 0.2) is 20.8 Å². The van der Waals surface area contributed by atoms with Crippen molar-refractivity contribution in [1.82, 2.24) is 4.98 Å². The van der Waals surface area contributed by atoms with Gasteiger partial charge >= 0.3 is 6.03 Å². The monoisotopic (exact) mass is 434 g/mol. The molecule has 1 unspecified atom stereocenters. The van der Waals surface area contributed by atoms with Gasteiger partial charge in [-0.15, -0.1) is 15.7 Å². The summed E-state index contributed by atoms with van der Waals surface area (Å²) < 4.78 is 16.8. The Morgan fingerprint density at radius 2 is 2.14 bits per heavy atom. The van der Waals surface area contributed by atoms with Crippen LogP contribution in [0.4, 0.5) is 10.5 Å². The van der Waals surface area contributed by atoms with Crippen LogP contribution in [-0.2, 0) is 28.4 Å². The molecule has 1 saturated carbocycles. The van der Waals surface area contributed by atoms with Crippen LogP contribution in [-0.4, -0.2) is 20.3 Å². The van der Waals surface area contributed by atoms with Gasteiger partial charge in [0.1, 0.15) is 14.8 Å². The number of nitrogens with one attached hydrogen (secondary N) is 1. The van der Waals surface area contributed by atoms with E-state index in [1.807, 2.05) is 6.92 Å². The van der Waals surface area contributed by atoms with E-state index < -0.39 is 21.5 Å². The van der Waals surface area contributed by atoms with Gasteiger partial charge in [0.25, 0.3) is 0 Å². The normalized spacial score (nSPS) is 18.2. The minimum absolute atomic E-state index is 0.165. The largest absolute Gasteiger partial charge is 0.383 e. The van der Waals surface area contributed by atoms with Gasteiger partial charge in [0.05, 0.1) is 6.20 Å². The second kappa shape index (κ2) is 7.16. The molecule has 1 heterocycles. The molecule has 0 aliphatic heterocycles. The number of carbonyl (C=O) groups excluding carboxylic acids is 1. The van der Waals surface area contributed by atoms with Crippen LogP contribution in [0.5, 0.6) is 0 Å². The van der Waals surface area contributed by atoms with Crippen LogP contribution in [0.3, 0.4) is 0 Å². The lowest BCUT2D eigenvalue weighted by Gasteiger charge is -2.17. The van der Waals surface area contributed by atoms with E-state index in [2.05, 4.69) is 20.7 Å². The lowest BCUT2D eigenvalue weighted by atomic mass is 9.95. The fourth-order valence-electron chi connectivity index (χ4n) is 3.84. The number of nitrogens with zero attached hydrogens (tertiary/aromatic N) is 2. The molecule has 0 spiro atoms. The Kier molecular flexibility index (Phi) is 5.05. The average Bonchev–Trinajstić information content (AvgIpc) is 3.13. The molecule has 1 atom stereocenters. The maximum Gasteiger partial charge on any atom is 0.354 e. The van der Waals surface area contributed by atoms with Gasteiger partial charge in [-0.25, -0.2) is 19.1 Å². The zero-order valence-electron chi connectivity index (χ0n) is 16.8. The van der Waals surface area contributed by atoms with Gasteiger partial charge in [-0.3, -0.25) is 0 Å². The van der Waals surface area contributed by atoms with E-state index in [0.29, 0.717) is 10.9 Å². The highest BCUT2D eigenvalue weighted by Gasteiger charge is 2.30. The topological polar surface area (TPSA) is 118 Å². The smallest absolute Gasteiger partial charge is 0.354 e. The number of benzene rings is 1. The number of carbonyl (C=O) groups is 1. The number of aromatic nitrogens is 1. The first-order chi connectivity index (χ1) is 13.6. The van der Waals surface area contributed by atoms with E-state index in [0.717, 1.165) is 47.4 Å². The number of anilines is 1. The number of thiazole rings is 1. The zero-order chi connectivity index (χ0) is 21.0. The minimum atomic E-state index is -3.45. The third-order valence-electron chi connectivity index (χ3n) is 5.46. The molecule has 4 rings (SSSR count). The van der Waals surface area contributed by atoms with E-state index in [1.165, 1.54) is 30.2 Å². The Labute approximate surface area is 175 Å². The summed E-state index contributed by atoms with van der Waals surface area (Å²) in [6.45, 7) is 5.18. The highest BCUT2D eigenvalue weighted by atomic mass is 32.2. The van der Waals surface area contributed by atoms with Gasteiger partial charge in [0.15, 0.2) is 9.92 Å². The Hall–Kier alpha value is -1.81. The second-order valence-corrected chi connectivity index (χ2v) is 11.4. The Bertz CT molecular complexity index is 1100. The van der Waals surface area contributed by atoms with Crippen molar-refractivity contribution in [2.75, 3.05) is 5.32 Å². The Morgan fingerprint density at radius 3 is 2.76 bits per heavy atom. The van der Waals surface area contributed by atoms with Crippen molar-refractivity contribution in [2.24, 2.45) is 9.50 Å². The van der Waals surface area contributed by atoms with Crippen LogP contribution in [0, 0.1) is 6.92 Å². The molecule has 1 aromatic heterocycles. The van der Waals surface area contributed by atoms with Gasteiger partial charge in [-0.05, 0) is 81.0 Å². The first-order valence-electron chi connectivity index (χ1n) is 9.76. The van der Waals surface area contributed by atoms with E-state index in [1.54, 1.807) is 13.8 Å². The molecule has 2 aromatic rings. The number of amides is 2. The summed E-state index contributed by atoms with van der Waals surface area (Å²) in [5.74, 6) is 0.574. The van der Waals surface area contributed by atoms with Crippen molar-refractivity contribution < 1.29 is 14.1 Å². The maximum absolute atomic E-state index is 12.9. The summed E-state index contributed by atoms with van der Waals surface area (Å²) in [6, 6.07) is 1.57. The number of hydrogen-bond acceptors (Lipinski definition) is 5. The molecule has 29 heavy (non-hydrogen) atoms. The van der Waals surface area contributed by atoms with Crippen molar-refractivity contribution in [3.05, 3.63) is 39.5 Å². The highest BCUT2D eigenvalue weighted by molar-refractivity contribution is 7.93. The van der Waals surface area contributed by atoms with Crippen LogP contribution in [0.25, 0.3) is 0 Å². The number of aryl methyl sites for hydroxylation is 1. The van der Waals surface area contributed by atoms with Crippen LogP contribution < -0.4 is 10.5 Å². The van der Waals surface area contributed by atoms with Gasteiger partial charge < -0.3 is 10.4 Å². The quantitative estimate of drug-likeness (QED) is 0.674. The summed E-state index contributed by atoms with van der Waals surface area (Å²) in [5.41, 5.74) is 4.43. The minimum Gasteiger partial charge on any atom is -0.383 e. The number of rotatable bonds is 4. The highest BCUT2D eigenvalue weighted by Crippen LogP contribution is 2.46. The standard InChI is InChI=1S/C20H26N4O3S2/c1-11-15(12-7-8-12)9-13-5-4-6-14(13)17(11)23-19(25)24-29(21,27)16-10-22-18(28-16)20(2,3)26/h9-10,12,26H,4-8H2,1-3H3,(H3,21,23,24,25,27). The molecule has 9 heteroatoms. The molecular weight excluding hydrogens is 408 g/mol. The van der Waals surface area contributed by atoms with Crippen LogP contribution in [0.2, 0.25) is 0 Å². The maximum atomic E-state index is 12.9. The van der Waals surface area contributed by atoms with E-state index >= 15 is 0 Å². The molecule has 1 fully saturated rings. The number of hydrogen-bond donors (Lipinski definition) is 3. The van der Waals surface area contributed by atoms with Crippen LogP contribution in [0.1, 0.15) is 66.3 Å². The summed E-state index contributed by atoms with van der Waals surface area (Å²) in [6.07, 6.45) is 6.68. The third-order valence-corrected chi connectivity index (χ3v) is 8.65. The second-order valence-electron chi connectivity index (χ2n) is 8.36. The van der Waals surface area contributed by atoms with Crippen molar-refractivity contribution in [2.45, 2.75) is 68.6 Å². The van der Waals surface area contributed by atoms with Gasteiger partial charge in [0, 0.05) is 5.69 Å². The first-order valence-corrected chi connectivity index (χ1v) is 12.2. The molecule has 2 aliphatic rings. The van der Waals surface area contributed by atoms with Crippen molar-refractivity contribution in [3.8, 4) is 0 Å². The van der Waals surface area contributed by atoms with Crippen molar-refractivity contribution in [1.29, 1.82) is 0 Å². The van der Waals surface area contributed by atoms with Crippen LogP contribution >= 0.6 is 11.3 Å². The first kappa shape index (κ1) is 20.5. The fraction of sp³-hybridized carbons (Fsp3) is 0.500. The number of fused-ring (bicyclic) bond motifs is 1. The summed E-state index contributed by atoms with van der Waals surface area (Å²) in [4.78, 5) is 16.7. The summed E-state index contributed by atoms with van der Waals surface area (Å²) in [7, 11) is -3.45. The molecule has 0 bridgehead atoms. The predicted molar refractivity (Wildman–Crippen MR) is 115 cm³/mol. The molecule has 0 saturated heterocycles. The number of aliphatic hydroxyl groups is 1. The van der Waals surface area contributed by atoms with Gasteiger partial charge in [-0.2, -0.15) is 0 Å². The molecule has 0 radical (unpaired) electrons. The Morgan fingerprint density at radius 1 is 1.41 bits per heavy atom. The molecule has 4 N–H and O–H groups in total. The van der Waals surface area contributed by atoms with Crippen molar-refractivity contribution in [3.63, 3.8) is 0 Å². The van der Waals surface area contributed by atoms with E-state index in [9.17, 15) is 14.1 Å². The number of nitrogens with two attached hydrogens (primary N) is 1. The molecular formula is C20H26N4O3S2. The molecule has 7 nitrogen and oxygen atoms in total. The SMILES string of the molecule is Cc1c(C2CC2)cc2c(c1NC(=O)N=S(N)(=O)c1cnc(C(C)(C)O)s1)CCC2. The average molecular weight is 435 g/mol. The molecule has 2 aliphatic carbocycles. The summed E-state index contributed by atoms with van der Waals surface area (Å²) in [5, 5.41) is 19.2. The van der Waals surface area contributed by atoms with E-state index in [4.69, 9.17) is 5.14 Å². The third kappa shape index (κ3) is 4.09. The van der Waals surface area contributed by atoms with Gasteiger partial charge in [0.2, 0.25) is 0 Å². The fourth-order valence-corrected chi connectivity index (χ4v) is 5.90. The molecule has 1 aromatic carbocycles. The summed E-state index contributed by atoms with van der Waals surface area (Å²) >= 11 is 0.998. The Balaban J connectivity index is 1.65. The van der Waals surface area contributed by atoms with Crippen molar-refractivity contribution >= 4 is 33.0 Å². The van der Waals surface area contributed by atoms with E-state index in [-0.39, 0.29) is 4.21 Å². The molecule has 156 valence electrons. The lowest BCUT2D eigenvalue weighted by Crippen LogP contribution is -2.18. The van der Waals surface area contributed by atoms with Gasteiger partial charge in [-0.1, -0.05) is 6.07 Å². The lowest BCUT2D eigenvalue weighted by molar-refractivity contribution is 0.0783. The molecule has 2 amide bonds. The predicted octanol–water partition coefficient (Wildman–Crippen LogP) is 3.98. The number of urea groups is 1.